The molecule has 2 atom stereocenters. The van der Waals surface area contributed by atoms with Crippen molar-refractivity contribution < 1.29 is 9.84 Å². The third kappa shape index (κ3) is 3.44. The van der Waals surface area contributed by atoms with E-state index in [0.29, 0.717) is 11.9 Å². The maximum absolute atomic E-state index is 9.41. The Labute approximate surface area is 112 Å². The first-order valence-corrected chi connectivity index (χ1v) is 6.62. The highest BCUT2D eigenvalue weighted by molar-refractivity contribution is 5.36. The molecule has 0 saturated heterocycles. The van der Waals surface area contributed by atoms with Crippen molar-refractivity contribution in [2.75, 3.05) is 31.4 Å². The van der Waals surface area contributed by atoms with Gasteiger partial charge in [-0.2, -0.15) is 15.0 Å². The number of methoxy groups -OCH3 is 1. The highest BCUT2D eigenvalue weighted by Gasteiger charge is 2.25. The van der Waals surface area contributed by atoms with Crippen LogP contribution in [0.2, 0.25) is 0 Å². The average Bonchev–Trinajstić information content (AvgIpc) is 2.47. The molecule has 2 rings (SSSR count). The number of hydrogen-bond acceptors (Lipinski definition) is 7. The SMILES string of the molecule is CNc1nc(NC2CCCCC2CO)nc(OC)n1. The molecule has 1 fully saturated rings. The summed E-state index contributed by atoms with van der Waals surface area (Å²) >= 11 is 0. The summed E-state index contributed by atoms with van der Waals surface area (Å²) in [5.41, 5.74) is 0. The summed E-state index contributed by atoms with van der Waals surface area (Å²) in [7, 11) is 3.27. The minimum atomic E-state index is 0.193. The van der Waals surface area contributed by atoms with Gasteiger partial charge >= 0.3 is 6.01 Å². The lowest BCUT2D eigenvalue weighted by Gasteiger charge is -2.30. The van der Waals surface area contributed by atoms with Gasteiger partial charge in [-0.1, -0.05) is 12.8 Å². The molecule has 1 aromatic rings. The first-order chi connectivity index (χ1) is 9.26. The van der Waals surface area contributed by atoms with Gasteiger partial charge in [0.05, 0.1) is 7.11 Å². The maximum Gasteiger partial charge on any atom is 0.322 e. The molecule has 1 saturated carbocycles. The number of hydrogen-bond donors (Lipinski definition) is 3. The lowest BCUT2D eigenvalue weighted by Crippen LogP contribution is -2.35. The topological polar surface area (TPSA) is 92.2 Å². The van der Waals surface area contributed by atoms with Crippen molar-refractivity contribution in [3.05, 3.63) is 0 Å². The van der Waals surface area contributed by atoms with E-state index < -0.39 is 0 Å². The van der Waals surface area contributed by atoms with Crippen molar-refractivity contribution in [1.82, 2.24) is 15.0 Å². The van der Waals surface area contributed by atoms with Gasteiger partial charge in [0.25, 0.3) is 0 Å². The van der Waals surface area contributed by atoms with E-state index in [0.717, 1.165) is 19.3 Å². The van der Waals surface area contributed by atoms with E-state index >= 15 is 0 Å². The molecule has 7 nitrogen and oxygen atoms in total. The van der Waals surface area contributed by atoms with Crippen LogP contribution in [0.25, 0.3) is 0 Å². The van der Waals surface area contributed by atoms with Gasteiger partial charge in [0.15, 0.2) is 0 Å². The molecule has 7 heteroatoms. The van der Waals surface area contributed by atoms with Crippen LogP contribution < -0.4 is 15.4 Å². The van der Waals surface area contributed by atoms with Crippen molar-refractivity contribution in [2.24, 2.45) is 5.92 Å². The summed E-state index contributed by atoms with van der Waals surface area (Å²) in [6.45, 7) is 0.193. The Kier molecular flexibility index (Phi) is 4.73. The van der Waals surface area contributed by atoms with E-state index in [1.165, 1.54) is 13.5 Å². The third-order valence-corrected chi connectivity index (χ3v) is 3.48. The van der Waals surface area contributed by atoms with Crippen LogP contribution in [0, 0.1) is 5.92 Å². The second-order valence-corrected chi connectivity index (χ2v) is 4.70. The van der Waals surface area contributed by atoms with Crippen LogP contribution in [0.3, 0.4) is 0 Å². The molecule has 1 aliphatic carbocycles. The van der Waals surface area contributed by atoms with Gasteiger partial charge in [0.1, 0.15) is 0 Å². The minimum absolute atomic E-state index is 0.193. The van der Waals surface area contributed by atoms with Crippen LogP contribution in [-0.2, 0) is 0 Å². The van der Waals surface area contributed by atoms with Crippen LogP contribution in [-0.4, -0.2) is 46.9 Å². The molecule has 0 aliphatic heterocycles. The number of nitrogens with zero attached hydrogens (tertiary/aromatic N) is 3. The number of aromatic nitrogens is 3. The van der Waals surface area contributed by atoms with Gasteiger partial charge in [0.2, 0.25) is 11.9 Å². The van der Waals surface area contributed by atoms with Crippen LogP contribution in [0.1, 0.15) is 25.7 Å². The molecule has 2 unspecified atom stereocenters. The van der Waals surface area contributed by atoms with E-state index in [4.69, 9.17) is 4.74 Å². The molecule has 3 N–H and O–H groups in total. The van der Waals surface area contributed by atoms with Gasteiger partial charge in [-0.25, -0.2) is 0 Å². The predicted molar refractivity (Wildman–Crippen MR) is 72.4 cm³/mol. The Balaban J connectivity index is 2.12. The minimum Gasteiger partial charge on any atom is -0.467 e. The van der Waals surface area contributed by atoms with Gasteiger partial charge < -0.3 is 20.5 Å². The Bertz CT molecular complexity index is 393. The number of ether oxygens (including phenoxy) is 1. The zero-order chi connectivity index (χ0) is 13.7. The van der Waals surface area contributed by atoms with Gasteiger partial charge in [0, 0.05) is 25.6 Å². The van der Waals surface area contributed by atoms with Crippen LogP contribution in [0.5, 0.6) is 6.01 Å². The normalized spacial score (nSPS) is 22.9. The van der Waals surface area contributed by atoms with Crippen molar-refractivity contribution in [3.8, 4) is 6.01 Å². The number of aliphatic hydroxyl groups excluding tert-OH is 1. The summed E-state index contributed by atoms with van der Waals surface area (Å²) in [5.74, 6) is 1.21. The standard InChI is InChI=1S/C12H21N5O2/c1-13-10-15-11(17-12(16-10)19-2)14-9-6-4-3-5-8(9)7-18/h8-9,18H,3-7H2,1-2H3,(H2,13,14,15,16,17). The summed E-state index contributed by atoms with van der Waals surface area (Å²) in [6.07, 6.45) is 4.39. The molecular weight excluding hydrogens is 246 g/mol. The number of aliphatic hydroxyl groups is 1. The van der Waals surface area contributed by atoms with Crippen molar-refractivity contribution in [3.63, 3.8) is 0 Å². The van der Waals surface area contributed by atoms with Crippen molar-refractivity contribution in [1.29, 1.82) is 0 Å². The van der Waals surface area contributed by atoms with Crippen LogP contribution in [0.15, 0.2) is 0 Å². The molecule has 19 heavy (non-hydrogen) atoms. The monoisotopic (exact) mass is 267 g/mol. The predicted octanol–water partition coefficient (Wildman–Crippen LogP) is 0.885. The lowest BCUT2D eigenvalue weighted by atomic mass is 9.85. The zero-order valence-electron chi connectivity index (χ0n) is 11.4. The molecule has 0 amide bonds. The summed E-state index contributed by atoms with van der Waals surface area (Å²) in [4.78, 5) is 12.5. The smallest absolute Gasteiger partial charge is 0.322 e. The molecule has 1 heterocycles. The van der Waals surface area contributed by atoms with E-state index in [1.54, 1.807) is 7.05 Å². The van der Waals surface area contributed by atoms with Crippen molar-refractivity contribution in [2.45, 2.75) is 31.7 Å². The third-order valence-electron chi connectivity index (χ3n) is 3.48. The fourth-order valence-electron chi connectivity index (χ4n) is 2.41. The summed E-state index contributed by atoms with van der Waals surface area (Å²) in [6, 6.07) is 0.480. The second kappa shape index (κ2) is 6.51. The number of anilines is 2. The molecule has 0 spiro atoms. The van der Waals surface area contributed by atoms with Crippen LogP contribution >= 0.6 is 0 Å². The first kappa shape index (κ1) is 13.8. The Morgan fingerprint density at radius 2 is 1.95 bits per heavy atom. The Morgan fingerprint density at radius 1 is 1.21 bits per heavy atom. The molecule has 0 aromatic carbocycles. The van der Waals surface area contributed by atoms with Crippen molar-refractivity contribution >= 4 is 11.9 Å². The maximum atomic E-state index is 9.41. The number of rotatable bonds is 5. The quantitative estimate of drug-likeness (QED) is 0.729. The molecular formula is C12H21N5O2. The van der Waals surface area contributed by atoms with E-state index in [-0.39, 0.29) is 24.6 Å². The summed E-state index contributed by atoms with van der Waals surface area (Å²) in [5, 5.41) is 15.6. The van der Waals surface area contributed by atoms with Gasteiger partial charge in [-0.3, -0.25) is 0 Å². The lowest BCUT2D eigenvalue weighted by molar-refractivity contribution is 0.178. The Morgan fingerprint density at radius 3 is 2.63 bits per heavy atom. The molecule has 0 bridgehead atoms. The summed E-state index contributed by atoms with van der Waals surface area (Å²) < 4.78 is 5.05. The molecule has 1 aromatic heterocycles. The van der Waals surface area contributed by atoms with Gasteiger partial charge in [-0.15, -0.1) is 0 Å². The van der Waals surface area contributed by atoms with Crippen LogP contribution in [0.4, 0.5) is 11.9 Å². The van der Waals surface area contributed by atoms with Gasteiger partial charge in [-0.05, 0) is 12.8 Å². The average molecular weight is 267 g/mol. The van der Waals surface area contributed by atoms with E-state index in [1.807, 2.05) is 0 Å². The fraction of sp³-hybridized carbons (Fsp3) is 0.750. The van der Waals surface area contributed by atoms with E-state index in [2.05, 4.69) is 25.6 Å². The second-order valence-electron chi connectivity index (χ2n) is 4.70. The highest BCUT2D eigenvalue weighted by atomic mass is 16.5. The highest BCUT2D eigenvalue weighted by Crippen LogP contribution is 2.26. The Hall–Kier alpha value is -1.63. The first-order valence-electron chi connectivity index (χ1n) is 6.62. The number of nitrogens with one attached hydrogen (secondary N) is 2. The zero-order valence-corrected chi connectivity index (χ0v) is 11.4. The van der Waals surface area contributed by atoms with E-state index in [9.17, 15) is 5.11 Å². The molecule has 106 valence electrons. The molecule has 1 aliphatic rings. The fourth-order valence-corrected chi connectivity index (χ4v) is 2.41. The largest absolute Gasteiger partial charge is 0.467 e. The molecule has 0 radical (unpaired) electrons.